The number of para-hydroxylation sites is 1. The summed E-state index contributed by atoms with van der Waals surface area (Å²) in [6.07, 6.45) is 2.14. The molecule has 1 aromatic carbocycles. The second-order valence-corrected chi connectivity index (χ2v) is 4.76. The van der Waals surface area contributed by atoms with Crippen molar-refractivity contribution in [1.29, 1.82) is 0 Å². The zero-order chi connectivity index (χ0) is 15.4. The molecule has 3 aromatic rings. The molecule has 22 heavy (non-hydrogen) atoms. The molecule has 0 aliphatic heterocycles. The highest BCUT2D eigenvalue weighted by molar-refractivity contribution is 5.47. The molecule has 1 N–H and O–H groups in total. The molecule has 3 rings (SSSR count). The quantitative estimate of drug-likeness (QED) is 0.755. The lowest BCUT2D eigenvalue weighted by molar-refractivity contribution is 0.269. The number of aliphatic hydroxyl groups excluding tert-OH is 1. The number of methoxy groups -OCH3 is 1. The van der Waals surface area contributed by atoms with Crippen LogP contribution < -0.4 is 4.74 Å². The average Bonchev–Trinajstić information content (AvgIpc) is 3.18. The van der Waals surface area contributed by atoms with E-state index in [1.807, 2.05) is 30.3 Å². The summed E-state index contributed by atoms with van der Waals surface area (Å²) in [6.45, 7) is 0.361. The van der Waals surface area contributed by atoms with Crippen molar-refractivity contribution in [2.75, 3.05) is 13.7 Å². The van der Waals surface area contributed by atoms with E-state index in [0.717, 1.165) is 11.3 Å². The summed E-state index contributed by atoms with van der Waals surface area (Å²) in [5.74, 6) is 2.71. The first-order valence-electron chi connectivity index (χ1n) is 7.02. The van der Waals surface area contributed by atoms with Crippen LogP contribution in [0.5, 0.6) is 5.75 Å². The first kappa shape index (κ1) is 14.3. The van der Waals surface area contributed by atoms with Crippen LogP contribution in [0.25, 0.3) is 11.6 Å². The molecule has 0 fully saturated rings. The van der Waals surface area contributed by atoms with Crippen LogP contribution in [0.4, 0.5) is 0 Å². The molecule has 6 nitrogen and oxygen atoms in total. The summed E-state index contributed by atoms with van der Waals surface area (Å²) >= 11 is 0. The van der Waals surface area contributed by atoms with Gasteiger partial charge in [-0.2, -0.15) is 5.10 Å². The predicted octanol–water partition coefficient (Wildman–Crippen LogP) is 2.13. The van der Waals surface area contributed by atoms with Gasteiger partial charge in [0.1, 0.15) is 5.75 Å². The molecule has 0 bridgehead atoms. The Morgan fingerprint density at radius 3 is 2.82 bits per heavy atom. The second-order valence-electron chi connectivity index (χ2n) is 4.76. The fourth-order valence-electron chi connectivity index (χ4n) is 2.32. The molecule has 0 aliphatic rings. The van der Waals surface area contributed by atoms with E-state index in [0.29, 0.717) is 30.4 Å². The standard InChI is InChI=1S/C16H17N3O3/c1-21-13-6-3-2-5-12(13)11-15-17-16(14-7-4-10-22-14)19(18-15)8-9-20/h2-7,10,20H,8-9,11H2,1H3. The fraction of sp³-hybridized carbons (Fsp3) is 0.250. The summed E-state index contributed by atoms with van der Waals surface area (Å²) in [6, 6.07) is 11.4. The van der Waals surface area contributed by atoms with E-state index in [1.165, 1.54) is 0 Å². The summed E-state index contributed by atoms with van der Waals surface area (Å²) in [7, 11) is 1.64. The Morgan fingerprint density at radius 1 is 1.23 bits per heavy atom. The monoisotopic (exact) mass is 299 g/mol. The zero-order valence-electron chi connectivity index (χ0n) is 12.3. The van der Waals surface area contributed by atoms with Gasteiger partial charge in [0.15, 0.2) is 17.4 Å². The summed E-state index contributed by atoms with van der Waals surface area (Å²) in [5, 5.41) is 13.6. The Morgan fingerprint density at radius 2 is 2.09 bits per heavy atom. The number of hydrogen-bond acceptors (Lipinski definition) is 5. The van der Waals surface area contributed by atoms with E-state index in [2.05, 4.69) is 10.1 Å². The minimum atomic E-state index is -0.00876. The van der Waals surface area contributed by atoms with Gasteiger partial charge in [0.2, 0.25) is 0 Å². The SMILES string of the molecule is COc1ccccc1Cc1nc(-c2ccco2)n(CCO)n1. The van der Waals surface area contributed by atoms with Crippen LogP contribution in [0.1, 0.15) is 11.4 Å². The van der Waals surface area contributed by atoms with Crippen LogP contribution in [-0.4, -0.2) is 33.6 Å². The Hall–Kier alpha value is -2.60. The lowest BCUT2D eigenvalue weighted by Crippen LogP contribution is -2.06. The van der Waals surface area contributed by atoms with Crippen LogP contribution in [0, 0.1) is 0 Å². The number of benzene rings is 1. The van der Waals surface area contributed by atoms with Crippen molar-refractivity contribution < 1.29 is 14.3 Å². The Labute approximate surface area is 128 Å². The van der Waals surface area contributed by atoms with E-state index in [1.54, 1.807) is 24.1 Å². The minimum Gasteiger partial charge on any atom is -0.496 e. The molecular formula is C16H17N3O3. The summed E-state index contributed by atoms with van der Waals surface area (Å²) in [4.78, 5) is 4.53. The molecular weight excluding hydrogens is 282 g/mol. The number of hydrogen-bond donors (Lipinski definition) is 1. The molecule has 0 atom stereocenters. The molecule has 6 heteroatoms. The van der Waals surface area contributed by atoms with Crippen LogP contribution in [0.2, 0.25) is 0 Å². The first-order chi connectivity index (χ1) is 10.8. The number of furan rings is 1. The smallest absolute Gasteiger partial charge is 0.194 e. The first-order valence-corrected chi connectivity index (χ1v) is 7.02. The maximum Gasteiger partial charge on any atom is 0.194 e. The van der Waals surface area contributed by atoms with Crippen molar-refractivity contribution in [1.82, 2.24) is 14.8 Å². The minimum absolute atomic E-state index is 0.00876. The predicted molar refractivity (Wildman–Crippen MR) is 80.6 cm³/mol. The molecule has 0 spiro atoms. The highest BCUT2D eigenvalue weighted by atomic mass is 16.5. The van der Waals surface area contributed by atoms with Crippen molar-refractivity contribution in [3.05, 3.63) is 54.0 Å². The summed E-state index contributed by atoms with van der Waals surface area (Å²) < 4.78 is 12.4. The molecule has 0 saturated carbocycles. The maximum atomic E-state index is 9.18. The van der Waals surface area contributed by atoms with Gasteiger partial charge in [-0.25, -0.2) is 9.67 Å². The van der Waals surface area contributed by atoms with E-state index < -0.39 is 0 Å². The Kier molecular flexibility index (Phi) is 4.20. The molecule has 2 aromatic heterocycles. The Balaban J connectivity index is 1.93. The Bertz CT molecular complexity index is 735. The molecule has 114 valence electrons. The van der Waals surface area contributed by atoms with Crippen molar-refractivity contribution in [2.24, 2.45) is 0 Å². The van der Waals surface area contributed by atoms with Gasteiger partial charge in [0.05, 0.1) is 26.5 Å². The van der Waals surface area contributed by atoms with Crippen LogP contribution in [0.15, 0.2) is 47.1 Å². The van der Waals surface area contributed by atoms with Gasteiger partial charge < -0.3 is 14.3 Å². The normalized spacial score (nSPS) is 10.8. The van der Waals surface area contributed by atoms with Crippen molar-refractivity contribution in [3.8, 4) is 17.3 Å². The van der Waals surface area contributed by atoms with Gasteiger partial charge in [-0.1, -0.05) is 18.2 Å². The number of aliphatic hydroxyl groups is 1. The second kappa shape index (κ2) is 6.44. The molecule has 2 heterocycles. The number of nitrogens with zero attached hydrogens (tertiary/aromatic N) is 3. The number of ether oxygens (including phenoxy) is 1. The average molecular weight is 299 g/mol. The third-order valence-electron chi connectivity index (χ3n) is 3.31. The number of aromatic nitrogens is 3. The van der Waals surface area contributed by atoms with E-state index >= 15 is 0 Å². The van der Waals surface area contributed by atoms with Gasteiger partial charge in [0.25, 0.3) is 0 Å². The molecule has 0 unspecified atom stereocenters. The summed E-state index contributed by atoms with van der Waals surface area (Å²) in [5.41, 5.74) is 1.01. The van der Waals surface area contributed by atoms with Gasteiger partial charge >= 0.3 is 0 Å². The van der Waals surface area contributed by atoms with E-state index in [-0.39, 0.29) is 6.61 Å². The van der Waals surface area contributed by atoms with Crippen LogP contribution in [0.3, 0.4) is 0 Å². The maximum absolute atomic E-state index is 9.18. The molecule has 0 radical (unpaired) electrons. The topological polar surface area (TPSA) is 73.3 Å². The molecule has 0 aliphatic carbocycles. The molecule has 0 saturated heterocycles. The molecule has 0 amide bonds. The van der Waals surface area contributed by atoms with Gasteiger partial charge in [-0.15, -0.1) is 0 Å². The lowest BCUT2D eigenvalue weighted by atomic mass is 10.1. The van der Waals surface area contributed by atoms with Crippen molar-refractivity contribution in [3.63, 3.8) is 0 Å². The lowest BCUT2D eigenvalue weighted by Gasteiger charge is -2.05. The van der Waals surface area contributed by atoms with Crippen LogP contribution in [-0.2, 0) is 13.0 Å². The zero-order valence-corrected chi connectivity index (χ0v) is 12.3. The highest BCUT2D eigenvalue weighted by Crippen LogP contribution is 2.22. The third kappa shape index (κ3) is 2.87. The van der Waals surface area contributed by atoms with E-state index in [4.69, 9.17) is 9.15 Å². The highest BCUT2D eigenvalue weighted by Gasteiger charge is 2.15. The van der Waals surface area contributed by atoms with Crippen molar-refractivity contribution in [2.45, 2.75) is 13.0 Å². The van der Waals surface area contributed by atoms with Gasteiger partial charge in [-0.3, -0.25) is 0 Å². The third-order valence-corrected chi connectivity index (χ3v) is 3.31. The van der Waals surface area contributed by atoms with E-state index in [9.17, 15) is 5.11 Å². The van der Waals surface area contributed by atoms with Gasteiger partial charge in [0, 0.05) is 12.0 Å². The number of rotatable bonds is 6. The van der Waals surface area contributed by atoms with Crippen LogP contribution >= 0.6 is 0 Å². The van der Waals surface area contributed by atoms with Crippen molar-refractivity contribution >= 4 is 0 Å². The largest absolute Gasteiger partial charge is 0.496 e. The fourth-order valence-corrected chi connectivity index (χ4v) is 2.32. The van der Waals surface area contributed by atoms with Gasteiger partial charge in [-0.05, 0) is 18.2 Å².